The molecule has 0 atom stereocenters. The summed E-state index contributed by atoms with van der Waals surface area (Å²) in [5.74, 6) is 1.16. The molecule has 1 aliphatic rings. The zero-order valence-corrected chi connectivity index (χ0v) is 12.4. The zero-order valence-electron chi connectivity index (χ0n) is 12.4. The number of pyridine rings is 1. The second-order valence-electron chi connectivity index (χ2n) is 5.38. The molecule has 0 bridgehead atoms. The molecule has 1 fully saturated rings. The molecule has 1 aliphatic heterocycles. The molecule has 0 aromatic carbocycles. The van der Waals surface area contributed by atoms with Gasteiger partial charge in [-0.05, 0) is 26.5 Å². The van der Waals surface area contributed by atoms with E-state index in [0.29, 0.717) is 6.04 Å². The molecule has 0 amide bonds. The Morgan fingerprint density at radius 2 is 2.00 bits per heavy atom. The van der Waals surface area contributed by atoms with Crippen molar-refractivity contribution in [1.29, 1.82) is 0 Å². The molecule has 0 unspecified atom stereocenters. The molecule has 1 N–H and O–H groups in total. The molecule has 2 heterocycles. The zero-order chi connectivity index (χ0) is 13.7. The van der Waals surface area contributed by atoms with Crippen molar-refractivity contribution < 1.29 is 0 Å². The molecule has 4 heteroatoms. The van der Waals surface area contributed by atoms with Crippen LogP contribution in [-0.4, -0.2) is 48.6 Å². The fourth-order valence-corrected chi connectivity index (χ4v) is 2.56. The van der Waals surface area contributed by atoms with Crippen molar-refractivity contribution in [1.82, 2.24) is 15.2 Å². The van der Waals surface area contributed by atoms with Gasteiger partial charge in [0.2, 0.25) is 0 Å². The quantitative estimate of drug-likeness (QED) is 0.875. The van der Waals surface area contributed by atoms with Gasteiger partial charge in [0.15, 0.2) is 0 Å². The van der Waals surface area contributed by atoms with Gasteiger partial charge in [0.25, 0.3) is 0 Å². The molecule has 4 nitrogen and oxygen atoms in total. The lowest BCUT2D eigenvalue weighted by molar-refractivity contribution is 0.209. The van der Waals surface area contributed by atoms with Crippen LogP contribution in [0.15, 0.2) is 18.3 Å². The Labute approximate surface area is 116 Å². The molecule has 19 heavy (non-hydrogen) atoms. The van der Waals surface area contributed by atoms with Gasteiger partial charge in [-0.3, -0.25) is 4.90 Å². The molecular formula is C15H26N4. The van der Waals surface area contributed by atoms with Gasteiger partial charge in [0, 0.05) is 50.5 Å². The SMILES string of the molecule is CCNCc1cccnc1N1CCN(C(C)C)CC1. The minimum Gasteiger partial charge on any atom is -0.354 e. The Hall–Kier alpha value is -1.13. The standard InChI is InChI=1S/C15H26N4/c1-4-16-12-14-6-5-7-17-15(14)19-10-8-18(9-11-19)13(2)3/h5-7,13,16H,4,8-12H2,1-3H3. The number of piperazine rings is 1. The van der Waals surface area contributed by atoms with Gasteiger partial charge in [0.1, 0.15) is 5.82 Å². The lowest BCUT2D eigenvalue weighted by atomic mass is 10.2. The highest BCUT2D eigenvalue weighted by molar-refractivity contribution is 5.47. The summed E-state index contributed by atoms with van der Waals surface area (Å²) in [5.41, 5.74) is 1.31. The van der Waals surface area contributed by atoms with Gasteiger partial charge in [-0.1, -0.05) is 13.0 Å². The maximum atomic E-state index is 4.59. The minimum atomic E-state index is 0.645. The highest BCUT2D eigenvalue weighted by Crippen LogP contribution is 2.19. The first kappa shape index (κ1) is 14.3. The van der Waals surface area contributed by atoms with Crippen LogP contribution in [0.1, 0.15) is 26.3 Å². The third-order valence-corrected chi connectivity index (χ3v) is 3.78. The summed E-state index contributed by atoms with van der Waals surface area (Å²) in [6.07, 6.45) is 1.90. The number of nitrogens with one attached hydrogen (secondary N) is 1. The van der Waals surface area contributed by atoms with Crippen LogP contribution < -0.4 is 10.2 Å². The van der Waals surface area contributed by atoms with E-state index < -0.39 is 0 Å². The van der Waals surface area contributed by atoms with Crippen LogP contribution in [0.5, 0.6) is 0 Å². The van der Waals surface area contributed by atoms with Gasteiger partial charge >= 0.3 is 0 Å². The number of hydrogen-bond donors (Lipinski definition) is 1. The van der Waals surface area contributed by atoms with Crippen molar-refractivity contribution in [2.45, 2.75) is 33.4 Å². The van der Waals surface area contributed by atoms with Crippen LogP contribution in [0.25, 0.3) is 0 Å². The Morgan fingerprint density at radius 1 is 1.26 bits per heavy atom. The second kappa shape index (κ2) is 6.87. The Morgan fingerprint density at radius 3 is 2.63 bits per heavy atom. The fourth-order valence-electron chi connectivity index (χ4n) is 2.56. The maximum Gasteiger partial charge on any atom is 0.133 e. The Kier molecular flexibility index (Phi) is 5.16. The summed E-state index contributed by atoms with van der Waals surface area (Å²) >= 11 is 0. The molecule has 0 radical (unpaired) electrons. The van der Waals surface area contributed by atoms with Gasteiger partial charge in [-0.25, -0.2) is 4.98 Å². The average Bonchev–Trinajstić information content (AvgIpc) is 2.45. The third-order valence-electron chi connectivity index (χ3n) is 3.78. The summed E-state index contributed by atoms with van der Waals surface area (Å²) in [5, 5.41) is 3.39. The molecular weight excluding hydrogens is 236 g/mol. The van der Waals surface area contributed by atoms with E-state index in [1.165, 1.54) is 5.56 Å². The summed E-state index contributed by atoms with van der Waals surface area (Å²) in [6.45, 7) is 13.0. The van der Waals surface area contributed by atoms with Crippen molar-refractivity contribution in [2.75, 3.05) is 37.6 Å². The molecule has 1 aromatic rings. The summed E-state index contributed by atoms with van der Waals surface area (Å²) in [6, 6.07) is 4.85. The first-order chi connectivity index (χ1) is 9.22. The van der Waals surface area contributed by atoms with Gasteiger partial charge in [-0.2, -0.15) is 0 Å². The van der Waals surface area contributed by atoms with E-state index in [9.17, 15) is 0 Å². The van der Waals surface area contributed by atoms with E-state index in [0.717, 1.165) is 45.1 Å². The number of aromatic nitrogens is 1. The van der Waals surface area contributed by atoms with Crippen LogP contribution in [0.3, 0.4) is 0 Å². The van der Waals surface area contributed by atoms with Crippen molar-refractivity contribution >= 4 is 5.82 Å². The number of nitrogens with zero attached hydrogens (tertiary/aromatic N) is 3. The fraction of sp³-hybridized carbons (Fsp3) is 0.667. The smallest absolute Gasteiger partial charge is 0.133 e. The molecule has 0 aliphatic carbocycles. The van der Waals surface area contributed by atoms with Gasteiger partial charge in [0.05, 0.1) is 0 Å². The Bertz CT molecular complexity index is 383. The monoisotopic (exact) mass is 262 g/mol. The summed E-state index contributed by atoms with van der Waals surface area (Å²) < 4.78 is 0. The van der Waals surface area contributed by atoms with Gasteiger partial charge in [-0.15, -0.1) is 0 Å². The van der Waals surface area contributed by atoms with E-state index in [1.807, 2.05) is 12.3 Å². The topological polar surface area (TPSA) is 31.4 Å². The van der Waals surface area contributed by atoms with Gasteiger partial charge < -0.3 is 10.2 Å². The van der Waals surface area contributed by atoms with Crippen LogP contribution >= 0.6 is 0 Å². The normalized spacial score (nSPS) is 17.2. The highest BCUT2D eigenvalue weighted by atomic mass is 15.3. The summed E-state index contributed by atoms with van der Waals surface area (Å²) in [4.78, 5) is 9.55. The van der Waals surface area contributed by atoms with E-state index in [-0.39, 0.29) is 0 Å². The van der Waals surface area contributed by atoms with E-state index in [2.05, 4.69) is 46.9 Å². The number of anilines is 1. The van der Waals surface area contributed by atoms with Crippen molar-refractivity contribution in [3.05, 3.63) is 23.9 Å². The first-order valence-electron chi connectivity index (χ1n) is 7.36. The molecule has 106 valence electrons. The second-order valence-corrected chi connectivity index (χ2v) is 5.38. The largest absolute Gasteiger partial charge is 0.354 e. The van der Waals surface area contributed by atoms with Crippen LogP contribution in [0.4, 0.5) is 5.82 Å². The molecule has 2 rings (SSSR count). The molecule has 1 aromatic heterocycles. The molecule has 0 saturated carbocycles. The van der Waals surface area contributed by atoms with E-state index in [1.54, 1.807) is 0 Å². The predicted octanol–water partition coefficient (Wildman–Crippen LogP) is 1.72. The van der Waals surface area contributed by atoms with Crippen LogP contribution in [0, 0.1) is 0 Å². The lowest BCUT2D eigenvalue weighted by Crippen LogP contribution is -2.49. The minimum absolute atomic E-state index is 0.645. The van der Waals surface area contributed by atoms with Crippen LogP contribution in [0.2, 0.25) is 0 Å². The number of rotatable bonds is 5. The van der Waals surface area contributed by atoms with Crippen molar-refractivity contribution in [3.63, 3.8) is 0 Å². The predicted molar refractivity (Wildman–Crippen MR) is 80.5 cm³/mol. The summed E-state index contributed by atoms with van der Waals surface area (Å²) in [7, 11) is 0. The van der Waals surface area contributed by atoms with Crippen LogP contribution in [-0.2, 0) is 6.54 Å². The average molecular weight is 262 g/mol. The lowest BCUT2D eigenvalue weighted by Gasteiger charge is -2.38. The molecule has 1 saturated heterocycles. The number of hydrogen-bond acceptors (Lipinski definition) is 4. The highest BCUT2D eigenvalue weighted by Gasteiger charge is 2.21. The van der Waals surface area contributed by atoms with E-state index in [4.69, 9.17) is 0 Å². The molecule has 0 spiro atoms. The van der Waals surface area contributed by atoms with Crippen molar-refractivity contribution in [2.24, 2.45) is 0 Å². The maximum absolute atomic E-state index is 4.59. The van der Waals surface area contributed by atoms with Crippen molar-refractivity contribution in [3.8, 4) is 0 Å². The third kappa shape index (κ3) is 3.67. The van der Waals surface area contributed by atoms with E-state index >= 15 is 0 Å². The Balaban J connectivity index is 2.02. The first-order valence-corrected chi connectivity index (χ1v) is 7.36.